The molecule has 3 fully saturated rings. The Hall–Kier alpha value is -3.19. The molecule has 6 rings (SSSR count). The smallest absolute Gasteiger partial charge is 0.291 e. The van der Waals surface area contributed by atoms with Gasteiger partial charge in [0.1, 0.15) is 23.6 Å². The molecule has 4 N–H and O–H groups in total. The van der Waals surface area contributed by atoms with E-state index in [9.17, 15) is 19.5 Å². The zero-order chi connectivity index (χ0) is 22.0. The number of nitrogens with one attached hydrogen (secondary N) is 1. The molecule has 3 aliphatic heterocycles. The predicted molar refractivity (Wildman–Crippen MR) is 115 cm³/mol. The minimum absolute atomic E-state index is 0.0494. The van der Waals surface area contributed by atoms with Gasteiger partial charge in [-0.05, 0) is 36.6 Å². The van der Waals surface area contributed by atoms with Crippen molar-refractivity contribution in [1.82, 2.24) is 4.90 Å². The van der Waals surface area contributed by atoms with Crippen LogP contribution in [-0.4, -0.2) is 39.8 Å². The third-order valence-corrected chi connectivity index (χ3v) is 7.91. The Morgan fingerprint density at radius 1 is 1.00 bits per heavy atom. The largest absolute Gasteiger partial charge is 0.508 e. The summed E-state index contributed by atoms with van der Waals surface area (Å²) in [7, 11) is 0. The number of carbonyl (C=O) groups excluding carboxylic acids is 3. The van der Waals surface area contributed by atoms with Gasteiger partial charge in [0.25, 0.3) is 5.91 Å². The van der Waals surface area contributed by atoms with Gasteiger partial charge in [-0.25, -0.2) is 0 Å². The Balaban J connectivity index is 1.46. The number of hydrogen-bond acceptors (Lipinski definition) is 4. The van der Waals surface area contributed by atoms with E-state index in [1.165, 1.54) is 4.90 Å². The highest BCUT2D eigenvalue weighted by atomic mass is 16.3. The first kappa shape index (κ1) is 19.5. The molecule has 0 aromatic heterocycles. The average molecular weight is 433 g/mol. The monoisotopic (exact) mass is 432 g/mol. The Morgan fingerprint density at radius 3 is 2.47 bits per heavy atom. The second-order valence-corrected chi connectivity index (χ2v) is 9.56. The maximum absolute atomic E-state index is 13.8. The van der Waals surface area contributed by atoms with Gasteiger partial charge in [-0.2, -0.15) is 0 Å². The van der Waals surface area contributed by atoms with Crippen molar-refractivity contribution >= 4 is 23.4 Å². The first-order valence-electron chi connectivity index (χ1n) is 11.4. The molecule has 7 heteroatoms. The summed E-state index contributed by atoms with van der Waals surface area (Å²) in [5, 5.41) is 14.6. The molecule has 2 aromatic rings. The van der Waals surface area contributed by atoms with Crippen LogP contribution >= 0.6 is 0 Å². The minimum Gasteiger partial charge on any atom is -0.508 e. The van der Waals surface area contributed by atoms with Crippen LogP contribution in [0.4, 0.5) is 5.69 Å². The molecule has 3 heterocycles. The fraction of sp³-hybridized carbons (Fsp3) is 0.400. The number of benzene rings is 2. The number of quaternary nitrogens is 1. The third-order valence-electron chi connectivity index (χ3n) is 7.91. The van der Waals surface area contributed by atoms with Gasteiger partial charge in [0.15, 0.2) is 0 Å². The van der Waals surface area contributed by atoms with Crippen LogP contribution in [0.25, 0.3) is 0 Å². The highest BCUT2D eigenvalue weighted by molar-refractivity contribution is 6.14. The highest BCUT2D eigenvalue weighted by Gasteiger charge is 2.74. The van der Waals surface area contributed by atoms with Gasteiger partial charge >= 0.3 is 0 Å². The molecule has 4 atom stereocenters. The van der Waals surface area contributed by atoms with Crippen molar-refractivity contribution in [3.05, 3.63) is 59.7 Å². The molecule has 2 saturated heterocycles. The molecule has 164 valence electrons. The number of rotatable bonds is 3. The van der Waals surface area contributed by atoms with E-state index in [1.54, 1.807) is 12.1 Å². The van der Waals surface area contributed by atoms with E-state index in [1.807, 2.05) is 41.7 Å². The van der Waals surface area contributed by atoms with Gasteiger partial charge in [-0.3, -0.25) is 19.3 Å². The number of imide groups is 1. The fourth-order valence-corrected chi connectivity index (χ4v) is 6.56. The lowest BCUT2D eigenvalue weighted by molar-refractivity contribution is -0.733. The summed E-state index contributed by atoms with van der Waals surface area (Å²) in [4.78, 5) is 42.5. The first-order chi connectivity index (χ1) is 15.5. The van der Waals surface area contributed by atoms with Gasteiger partial charge in [-0.15, -0.1) is 0 Å². The topological polar surface area (TPSA) is 103 Å². The van der Waals surface area contributed by atoms with Crippen LogP contribution in [0.5, 0.6) is 5.75 Å². The molecular weight excluding hydrogens is 406 g/mol. The number of carbonyl (C=O) groups is 3. The van der Waals surface area contributed by atoms with Crippen LogP contribution in [-0.2, 0) is 26.3 Å². The molecule has 0 bridgehead atoms. The summed E-state index contributed by atoms with van der Waals surface area (Å²) in [5.41, 5.74) is 1.36. The third kappa shape index (κ3) is 2.54. The van der Waals surface area contributed by atoms with Crippen LogP contribution in [0.3, 0.4) is 0 Å². The van der Waals surface area contributed by atoms with Gasteiger partial charge < -0.3 is 15.7 Å². The van der Waals surface area contributed by atoms with Crippen LogP contribution < -0.4 is 10.6 Å². The zero-order valence-corrected chi connectivity index (χ0v) is 17.7. The molecule has 1 aliphatic carbocycles. The van der Waals surface area contributed by atoms with E-state index >= 15 is 0 Å². The highest BCUT2D eigenvalue weighted by Crippen LogP contribution is 2.50. The molecule has 32 heavy (non-hydrogen) atoms. The summed E-state index contributed by atoms with van der Waals surface area (Å²) < 4.78 is 0. The lowest BCUT2D eigenvalue weighted by atomic mass is 9.76. The molecule has 0 radical (unpaired) electrons. The second-order valence-electron chi connectivity index (χ2n) is 9.56. The maximum Gasteiger partial charge on any atom is 0.291 e. The number of nitrogens with zero attached hydrogens (tertiary/aromatic N) is 1. The van der Waals surface area contributed by atoms with E-state index in [-0.39, 0.29) is 35.6 Å². The van der Waals surface area contributed by atoms with Gasteiger partial charge in [0, 0.05) is 18.0 Å². The summed E-state index contributed by atoms with van der Waals surface area (Å²) in [5.74, 6) is -1.60. The van der Waals surface area contributed by atoms with E-state index < -0.39 is 17.4 Å². The summed E-state index contributed by atoms with van der Waals surface area (Å²) in [6, 6.07) is 14.1. The van der Waals surface area contributed by atoms with Crippen LogP contribution in [0.1, 0.15) is 36.8 Å². The molecule has 7 nitrogen and oxygen atoms in total. The van der Waals surface area contributed by atoms with Gasteiger partial charge in [0.05, 0.1) is 5.69 Å². The number of phenolic OH excluding ortho intramolecular Hbond substituents is 1. The van der Waals surface area contributed by atoms with E-state index in [2.05, 4.69) is 5.32 Å². The number of hydrogen-bond donors (Lipinski definition) is 3. The summed E-state index contributed by atoms with van der Waals surface area (Å²) in [6.45, 7) is 0. The first-order valence-corrected chi connectivity index (χ1v) is 11.4. The lowest BCUT2D eigenvalue weighted by Crippen LogP contribution is -2.99. The van der Waals surface area contributed by atoms with Crippen molar-refractivity contribution in [2.75, 3.05) is 5.32 Å². The lowest BCUT2D eigenvalue weighted by Gasteiger charge is -2.28. The number of nitrogens with two attached hydrogens (primary N) is 1. The number of phenols is 1. The molecule has 2 aromatic carbocycles. The standard InChI is InChI=1S/C25H25N3O4/c29-16-11-9-14(10-12-16)13-19-20-21(23(31)28(22(20)30)15-5-1-2-6-15)25(27-19)17-7-3-4-8-18(17)26-24(25)32/h3-4,7-12,15,19-21,27,29H,1-2,5-6,13H2,(H,26,32)/p+1/t19-,20+,21-,25+/m0/s1. The molecule has 1 spiro atoms. The van der Waals surface area contributed by atoms with Crippen molar-refractivity contribution in [3.63, 3.8) is 0 Å². The second kappa shape index (κ2) is 6.90. The predicted octanol–water partition coefficient (Wildman–Crippen LogP) is 1.27. The van der Waals surface area contributed by atoms with Crippen molar-refractivity contribution in [1.29, 1.82) is 0 Å². The van der Waals surface area contributed by atoms with E-state index in [0.29, 0.717) is 6.42 Å². The number of likely N-dealkylation sites (tertiary alicyclic amines) is 1. The molecule has 4 aliphatic rings. The fourth-order valence-electron chi connectivity index (χ4n) is 6.56. The average Bonchev–Trinajstić information content (AvgIpc) is 3.52. The van der Waals surface area contributed by atoms with Crippen molar-refractivity contribution in [2.45, 2.75) is 49.7 Å². The van der Waals surface area contributed by atoms with Crippen LogP contribution in [0.2, 0.25) is 0 Å². The number of amides is 3. The Kier molecular flexibility index (Phi) is 4.21. The normalized spacial score (nSPS) is 31.4. The van der Waals surface area contributed by atoms with Gasteiger partial charge in [0.2, 0.25) is 17.4 Å². The number of fused-ring (bicyclic) bond motifs is 4. The molecule has 1 saturated carbocycles. The molecule has 3 amide bonds. The molecular formula is C25H26N3O4+. The Bertz CT molecular complexity index is 1120. The minimum atomic E-state index is -1.12. The van der Waals surface area contributed by atoms with Crippen LogP contribution in [0, 0.1) is 11.8 Å². The van der Waals surface area contributed by atoms with E-state index in [0.717, 1.165) is 42.5 Å². The number of aromatic hydroxyl groups is 1. The van der Waals surface area contributed by atoms with Crippen molar-refractivity contribution in [2.24, 2.45) is 11.8 Å². The van der Waals surface area contributed by atoms with Crippen molar-refractivity contribution in [3.8, 4) is 5.75 Å². The van der Waals surface area contributed by atoms with Gasteiger partial charge in [-0.1, -0.05) is 43.2 Å². The summed E-state index contributed by atoms with van der Waals surface area (Å²) >= 11 is 0. The molecule has 0 unspecified atom stereocenters. The summed E-state index contributed by atoms with van der Waals surface area (Å²) in [6.07, 6.45) is 4.28. The Labute approximate surface area is 185 Å². The van der Waals surface area contributed by atoms with Crippen molar-refractivity contribution < 1.29 is 24.8 Å². The van der Waals surface area contributed by atoms with E-state index in [4.69, 9.17) is 0 Å². The maximum atomic E-state index is 13.8. The number of para-hydroxylation sites is 1. The Morgan fingerprint density at radius 2 is 1.72 bits per heavy atom. The van der Waals surface area contributed by atoms with Crippen LogP contribution in [0.15, 0.2) is 48.5 Å². The number of anilines is 1. The SMILES string of the molecule is O=C1[C@@H]2[C@H](Cc3ccc(O)cc3)[NH2+][C@@]3(C(=O)Nc4ccccc43)[C@@H]2C(=O)N1C1CCCC1. The zero-order valence-electron chi connectivity index (χ0n) is 17.7. The quantitative estimate of drug-likeness (QED) is 0.636.